The molecule has 5 nitrogen and oxygen atoms in total. The number of benzene rings is 2. The fourth-order valence-corrected chi connectivity index (χ4v) is 4.06. The van der Waals surface area contributed by atoms with E-state index in [1.54, 1.807) is 24.3 Å². The van der Waals surface area contributed by atoms with E-state index in [2.05, 4.69) is 9.88 Å². The molecule has 0 saturated heterocycles. The third-order valence-corrected chi connectivity index (χ3v) is 5.54. The third-order valence-electron chi connectivity index (χ3n) is 5.54. The van der Waals surface area contributed by atoms with E-state index in [1.807, 2.05) is 6.07 Å². The van der Waals surface area contributed by atoms with Gasteiger partial charge >= 0.3 is 0 Å². The molecule has 1 aliphatic heterocycles. The molecule has 0 atom stereocenters. The van der Waals surface area contributed by atoms with Crippen LogP contribution in [0.15, 0.2) is 57.9 Å². The van der Waals surface area contributed by atoms with Crippen LogP contribution in [0.25, 0.3) is 21.9 Å². The summed E-state index contributed by atoms with van der Waals surface area (Å²) in [5, 5.41) is 1.54. The van der Waals surface area contributed by atoms with Gasteiger partial charge in [-0.25, -0.2) is 4.39 Å². The van der Waals surface area contributed by atoms with Crippen molar-refractivity contribution < 1.29 is 13.5 Å². The van der Waals surface area contributed by atoms with Crippen molar-refractivity contribution in [3.05, 3.63) is 76.0 Å². The first kappa shape index (κ1) is 17.9. The molecule has 148 valence electrons. The summed E-state index contributed by atoms with van der Waals surface area (Å²) in [4.78, 5) is 17.6. The van der Waals surface area contributed by atoms with Crippen LogP contribution in [-0.4, -0.2) is 29.6 Å². The van der Waals surface area contributed by atoms with Gasteiger partial charge in [-0.2, -0.15) is 0 Å². The van der Waals surface area contributed by atoms with Gasteiger partial charge < -0.3 is 14.1 Å². The van der Waals surface area contributed by atoms with Crippen LogP contribution in [0.3, 0.4) is 0 Å². The number of ether oxygens (including phenoxy) is 1. The molecule has 29 heavy (non-hydrogen) atoms. The number of rotatable bonds is 5. The Morgan fingerprint density at radius 1 is 1.14 bits per heavy atom. The van der Waals surface area contributed by atoms with E-state index in [4.69, 9.17) is 9.15 Å². The van der Waals surface area contributed by atoms with Crippen LogP contribution in [0.4, 0.5) is 4.39 Å². The zero-order valence-corrected chi connectivity index (χ0v) is 15.9. The monoisotopic (exact) mass is 392 g/mol. The standard InChI is InChI=1S/C23H21FN2O3/c24-15-2-5-20-18(12-15)19-14-26(9-6-21(19)25-20)8-1-10-28-16-3-4-17-22(27)7-11-29-23(17)13-16/h2-5,7,11-13,25H,1,6,8-10,14H2. The zero-order valence-electron chi connectivity index (χ0n) is 15.9. The Morgan fingerprint density at radius 2 is 2.07 bits per heavy atom. The molecule has 0 radical (unpaired) electrons. The SMILES string of the molecule is O=c1ccoc2cc(OCCCN3CCc4[nH]c5ccc(F)cc5c4C3)ccc12. The molecule has 4 aromatic rings. The van der Waals surface area contributed by atoms with E-state index in [0.717, 1.165) is 43.4 Å². The molecule has 1 aliphatic rings. The molecule has 0 spiro atoms. The Balaban J connectivity index is 1.19. The Labute approximate surface area is 166 Å². The first-order chi connectivity index (χ1) is 14.2. The van der Waals surface area contributed by atoms with Gasteiger partial charge in [0, 0.05) is 54.8 Å². The van der Waals surface area contributed by atoms with Crippen molar-refractivity contribution in [2.45, 2.75) is 19.4 Å². The molecule has 0 bridgehead atoms. The van der Waals surface area contributed by atoms with E-state index in [1.165, 1.54) is 29.7 Å². The lowest BCUT2D eigenvalue weighted by Crippen LogP contribution is -2.31. The minimum atomic E-state index is -0.198. The van der Waals surface area contributed by atoms with Gasteiger partial charge in [0.05, 0.1) is 18.3 Å². The zero-order chi connectivity index (χ0) is 19.8. The molecule has 0 amide bonds. The second-order valence-corrected chi connectivity index (χ2v) is 7.44. The van der Waals surface area contributed by atoms with Crippen LogP contribution in [0, 0.1) is 5.82 Å². The Hall–Kier alpha value is -3.12. The number of fused-ring (bicyclic) bond motifs is 4. The van der Waals surface area contributed by atoms with Gasteiger partial charge in [0.2, 0.25) is 0 Å². The van der Waals surface area contributed by atoms with E-state index in [9.17, 15) is 9.18 Å². The second kappa shape index (κ2) is 7.37. The molecule has 3 heterocycles. The highest BCUT2D eigenvalue weighted by atomic mass is 19.1. The van der Waals surface area contributed by atoms with Crippen molar-refractivity contribution in [3.63, 3.8) is 0 Å². The molecule has 1 N–H and O–H groups in total. The number of aromatic nitrogens is 1. The number of hydrogen-bond donors (Lipinski definition) is 1. The number of nitrogens with zero attached hydrogens (tertiary/aromatic N) is 1. The molecule has 2 aromatic carbocycles. The summed E-state index contributed by atoms with van der Waals surface area (Å²) >= 11 is 0. The number of aromatic amines is 1. The third kappa shape index (κ3) is 3.51. The molecule has 6 heteroatoms. The fourth-order valence-electron chi connectivity index (χ4n) is 4.06. The quantitative estimate of drug-likeness (QED) is 0.516. The van der Waals surface area contributed by atoms with Gasteiger partial charge in [-0.1, -0.05) is 0 Å². The molecule has 5 rings (SSSR count). The van der Waals surface area contributed by atoms with Gasteiger partial charge in [-0.05, 0) is 42.3 Å². The maximum atomic E-state index is 13.6. The van der Waals surface area contributed by atoms with Crippen LogP contribution in [0.5, 0.6) is 5.75 Å². The molecule has 0 unspecified atom stereocenters. The van der Waals surface area contributed by atoms with E-state index in [-0.39, 0.29) is 11.2 Å². The predicted octanol–water partition coefficient (Wildman–Crippen LogP) is 4.24. The lowest BCUT2D eigenvalue weighted by Gasteiger charge is -2.27. The maximum Gasteiger partial charge on any atom is 0.192 e. The number of halogens is 1. The van der Waals surface area contributed by atoms with Crippen molar-refractivity contribution in [2.24, 2.45) is 0 Å². The van der Waals surface area contributed by atoms with Gasteiger partial charge in [0.25, 0.3) is 0 Å². The van der Waals surface area contributed by atoms with Crippen molar-refractivity contribution in [3.8, 4) is 5.75 Å². The van der Waals surface area contributed by atoms with Gasteiger partial charge in [-0.3, -0.25) is 9.69 Å². The summed E-state index contributed by atoms with van der Waals surface area (Å²) in [5.74, 6) is 0.496. The van der Waals surface area contributed by atoms with E-state index in [0.29, 0.717) is 23.3 Å². The van der Waals surface area contributed by atoms with Crippen molar-refractivity contribution in [1.82, 2.24) is 9.88 Å². The largest absolute Gasteiger partial charge is 0.493 e. The molecular formula is C23H21FN2O3. The summed E-state index contributed by atoms with van der Waals surface area (Å²) in [6.07, 6.45) is 3.22. The van der Waals surface area contributed by atoms with Crippen molar-refractivity contribution in [1.29, 1.82) is 0 Å². The average molecular weight is 392 g/mol. The molecular weight excluding hydrogens is 371 g/mol. The number of hydrogen-bond acceptors (Lipinski definition) is 4. The number of nitrogens with one attached hydrogen (secondary N) is 1. The molecule has 0 aliphatic carbocycles. The molecule has 2 aromatic heterocycles. The minimum absolute atomic E-state index is 0.0561. The highest BCUT2D eigenvalue weighted by molar-refractivity contribution is 5.85. The van der Waals surface area contributed by atoms with Crippen LogP contribution >= 0.6 is 0 Å². The van der Waals surface area contributed by atoms with Crippen molar-refractivity contribution in [2.75, 3.05) is 19.7 Å². The van der Waals surface area contributed by atoms with Gasteiger partial charge in [0.1, 0.15) is 17.1 Å². The Bertz CT molecular complexity index is 1240. The van der Waals surface area contributed by atoms with Gasteiger partial charge in [-0.15, -0.1) is 0 Å². The van der Waals surface area contributed by atoms with E-state index >= 15 is 0 Å². The summed E-state index contributed by atoms with van der Waals surface area (Å²) in [5.41, 5.74) is 3.90. The summed E-state index contributed by atoms with van der Waals surface area (Å²) in [6, 6.07) is 11.6. The normalized spacial score (nSPS) is 14.4. The Morgan fingerprint density at radius 3 is 3.00 bits per heavy atom. The highest BCUT2D eigenvalue weighted by Gasteiger charge is 2.20. The lowest BCUT2D eigenvalue weighted by atomic mass is 10.0. The summed E-state index contributed by atoms with van der Waals surface area (Å²) < 4.78 is 24.9. The molecule has 0 saturated carbocycles. The van der Waals surface area contributed by atoms with Gasteiger partial charge in [0.15, 0.2) is 5.43 Å². The average Bonchev–Trinajstić information content (AvgIpc) is 3.08. The second-order valence-electron chi connectivity index (χ2n) is 7.44. The topological polar surface area (TPSA) is 58.5 Å². The van der Waals surface area contributed by atoms with Crippen LogP contribution < -0.4 is 10.2 Å². The number of H-pyrrole nitrogens is 1. The summed E-state index contributed by atoms with van der Waals surface area (Å²) in [6.45, 7) is 3.28. The predicted molar refractivity (Wildman–Crippen MR) is 110 cm³/mol. The maximum absolute atomic E-state index is 13.6. The minimum Gasteiger partial charge on any atom is -0.493 e. The Kier molecular flexibility index (Phi) is 4.56. The van der Waals surface area contributed by atoms with Crippen LogP contribution in [0.2, 0.25) is 0 Å². The summed E-state index contributed by atoms with van der Waals surface area (Å²) in [7, 11) is 0. The van der Waals surface area contributed by atoms with Crippen LogP contribution in [0.1, 0.15) is 17.7 Å². The highest BCUT2D eigenvalue weighted by Crippen LogP contribution is 2.28. The van der Waals surface area contributed by atoms with Crippen molar-refractivity contribution >= 4 is 21.9 Å². The van der Waals surface area contributed by atoms with Crippen LogP contribution in [-0.2, 0) is 13.0 Å². The molecule has 0 fully saturated rings. The fraction of sp³-hybridized carbons (Fsp3) is 0.261. The smallest absolute Gasteiger partial charge is 0.192 e. The first-order valence-corrected chi connectivity index (χ1v) is 9.83. The lowest BCUT2D eigenvalue weighted by molar-refractivity contribution is 0.221. The first-order valence-electron chi connectivity index (χ1n) is 9.83. The van der Waals surface area contributed by atoms with E-state index < -0.39 is 0 Å².